The fourth-order valence-electron chi connectivity index (χ4n) is 0.492. The predicted octanol–water partition coefficient (Wildman–Crippen LogP) is 3.05. The van der Waals surface area contributed by atoms with Gasteiger partial charge in [0.2, 0.25) is 0 Å². The standard InChI is InChI=1S/C5H10F3I/c1-3-9(4-2)5(6,7)8/h3-4H2,1-2H3. The number of alkyl halides is 6. The first-order valence-electron chi connectivity index (χ1n) is 2.70. The normalized spacial score (nSPS) is 13.7. The van der Waals surface area contributed by atoms with Gasteiger partial charge in [-0.15, -0.1) is 0 Å². The van der Waals surface area contributed by atoms with E-state index in [2.05, 4.69) is 0 Å². The summed E-state index contributed by atoms with van der Waals surface area (Å²) >= 11 is -2.54. The fourth-order valence-corrected chi connectivity index (χ4v) is 3.30. The van der Waals surface area contributed by atoms with Crippen molar-refractivity contribution < 1.29 is 13.2 Å². The Bertz CT molecular complexity index is 74.8. The number of hydrogen-bond donors (Lipinski definition) is 0. The molecule has 0 rings (SSSR count). The maximum atomic E-state index is 11.8. The van der Waals surface area contributed by atoms with E-state index in [9.17, 15) is 13.2 Å². The van der Waals surface area contributed by atoms with Crippen molar-refractivity contribution in [2.75, 3.05) is 8.86 Å². The van der Waals surface area contributed by atoms with Crippen molar-refractivity contribution in [2.24, 2.45) is 0 Å². The molecule has 0 aliphatic heterocycles. The van der Waals surface area contributed by atoms with E-state index in [0.717, 1.165) is 0 Å². The van der Waals surface area contributed by atoms with Crippen molar-refractivity contribution in [3.05, 3.63) is 0 Å². The summed E-state index contributed by atoms with van der Waals surface area (Å²) in [6, 6.07) is 0. The Hall–Kier alpha value is 0.520. The molecule has 0 saturated heterocycles. The minimum atomic E-state index is -3.83. The molecule has 0 atom stereocenters. The monoisotopic (exact) mass is 254 g/mol. The van der Waals surface area contributed by atoms with Gasteiger partial charge in [0.25, 0.3) is 0 Å². The SMILES string of the molecule is CCI(CC)C(F)(F)F. The van der Waals surface area contributed by atoms with E-state index in [-0.39, 0.29) is 0 Å². The molecule has 58 valence electrons. The average molecular weight is 254 g/mol. The molecule has 4 heteroatoms. The summed E-state index contributed by atoms with van der Waals surface area (Å²) < 4.78 is 32.2. The van der Waals surface area contributed by atoms with Crippen LogP contribution in [0.25, 0.3) is 0 Å². The molecule has 0 N–H and O–H groups in total. The van der Waals surface area contributed by atoms with Crippen molar-refractivity contribution >= 4 is 19.8 Å². The summed E-state index contributed by atoms with van der Waals surface area (Å²) in [6.45, 7) is 3.25. The van der Waals surface area contributed by atoms with Crippen molar-refractivity contribution in [3.63, 3.8) is 0 Å². The van der Waals surface area contributed by atoms with E-state index in [4.69, 9.17) is 0 Å². The van der Waals surface area contributed by atoms with E-state index >= 15 is 0 Å². The second kappa shape index (κ2) is 3.63. The molecule has 0 unspecified atom stereocenters. The van der Waals surface area contributed by atoms with Gasteiger partial charge in [-0.3, -0.25) is 0 Å². The molecule has 0 aromatic rings. The average Bonchev–Trinajstić information content (AvgIpc) is 1.65. The van der Waals surface area contributed by atoms with Crippen LogP contribution in [0.2, 0.25) is 0 Å². The predicted molar refractivity (Wildman–Crippen MR) is 41.2 cm³/mol. The molecule has 0 amide bonds. The third-order valence-electron chi connectivity index (χ3n) is 0.948. The van der Waals surface area contributed by atoms with Crippen LogP contribution in [0.4, 0.5) is 13.2 Å². The number of halogens is 4. The molecule has 0 saturated carbocycles. The van der Waals surface area contributed by atoms with Gasteiger partial charge >= 0.3 is 59.9 Å². The Kier molecular flexibility index (Phi) is 3.84. The van der Waals surface area contributed by atoms with E-state index in [1.165, 1.54) is 0 Å². The van der Waals surface area contributed by atoms with Crippen LogP contribution in [0.1, 0.15) is 13.8 Å². The van der Waals surface area contributed by atoms with Gasteiger partial charge in [-0.25, -0.2) is 0 Å². The molecule has 0 aliphatic carbocycles. The van der Waals surface area contributed by atoms with Crippen LogP contribution in [0.5, 0.6) is 0 Å². The first-order valence-corrected chi connectivity index (χ1v) is 6.83. The molecule has 0 fully saturated rings. The van der Waals surface area contributed by atoms with Gasteiger partial charge in [0.05, 0.1) is 0 Å². The van der Waals surface area contributed by atoms with Gasteiger partial charge < -0.3 is 0 Å². The molecule has 0 radical (unpaired) electrons. The summed E-state index contributed by atoms with van der Waals surface area (Å²) in [5.74, 6) is 0. The molecule has 0 spiro atoms. The zero-order valence-corrected chi connectivity index (χ0v) is 7.58. The van der Waals surface area contributed by atoms with Crippen LogP contribution in [0, 0.1) is 0 Å². The molecule has 0 aliphatic rings. The molecule has 0 nitrogen and oxygen atoms in total. The Morgan fingerprint density at radius 2 is 1.44 bits per heavy atom. The number of rotatable bonds is 2. The van der Waals surface area contributed by atoms with E-state index < -0.39 is 24.0 Å². The van der Waals surface area contributed by atoms with Crippen LogP contribution < -0.4 is 0 Å². The van der Waals surface area contributed by atoms with Gasteiger partial charge in [-0.2, -0.15) is 0 Å². The van der Waals surface area contributed by atoms with Gasteiger partial charge in [-0.05, 0) is 0 Å². The first-order chi connectivity index (χ1) is 4.02. The van der Waals surface area contributed by atoms with E-state index in [1.54, 1.807) is 13.8 Å². The summed E-state index contributed by atoms with van der Waals surface area (Å²) in [6.07, 6.45) is 0. The second-order valence-corrected chi connectivity index (χ2v) is 8.30. The minimum absolute atomic E-state index is 0.351. The molecule has 9 heavy (non-hydrogen) atoms. The summed E-state index contributed by atoms with van der Waals surface area (Å²) in [5.41, 5.74) is 0. The Morgan fingerprint density at radius 1 is 1.11 bits per heavy atom. The quantitative estimate of drug-likeness (QED) is 0.524. The molecule has 0 aromatic heterocycles. The fraction of sp³-hybridized carbons (Fsp3) is 1.00. The van der Waals surface area contributed by atoms with Crippen LogP contribution in [0.15, 0.2) is 0 Å². The molecule has 0 heterocycles. The first kappa shape index (κ1) is 9.52. The molecular formula is C5H10F3I. The second-order valence-electron chi connectivity index (χ2n) is 1.42. The third kappa shape index (κ3) is 3.27. The maximum absolute atomic E-state index is 11.8. The zero-order chi connectivity index (χ0) is 7.49. The van der Waals surface area contributed by atoms with Crippen molar-refractivity contribution in [1.29, 1.82) is 0 Å². The zero-order valence-electron chi connectivity index (χ0n) is 5.43. The van der Waals surface area contributed by atoms with Crippen molar-refractivity contribution in [3.8, 4) is 0 Å². The van der Waals surface area contributed by atoms with Crippen LogP contribution >= 0.6 is 19.8 Å². The van der Waals surface area contributed by atoms with Crippen LogP contribution in [-0.2, 0) is 0 Å². The molecule has 0 bridgehead atoms. The Morgan fingerprint density at radius 3 is 1.44 bits per heavy atom. The third-order valence-corrected chi connectivity index (χ3v) is 6.36. The Balaban J connectivity index is 3.79. The van der Waals surface area contributed by atoms with Gasteiger partial charge in [0, 0.05) is 0 Å². The van der Waals surface area contributed by atoms with Crippen LogP contribution in [0.3, 0.4) is 0 Å². The van der Waals surface area contributed by atoms with Crippen molar-refractivity contribution in [2.45, 2.75) is 18.0 Å². The van der Waals surface area contributed by atoms with E-state index in [0.29, 0.717) is 8.86 Å². The molecule has 0 aromatic carbocycles. The topological polar surface area (TPSA) is 0 Å². The number of hydrogen-bond acceptors (Lipinski definition) is 0. The molecular weight excluding hydrogens is 244 g/mol. The van der Waals surface area contributed by atoms with Gasteiger partial charge in [0.15, 0.2) is 0 Å². The van der Waals surface area contributed by atoms with Crippen molar-refractivity contribution in [1.82, 2.24) is 0 Å². The van der Waals surface area contributed by atoms with Crippen LogP contribution in [-0.4, -0.2) is 13.0 Å². The Labute approximate surface area is 60.2 Å². The van der Waals surface area contributed by atoms with Gasteiger partial charge in [0.1, 0.15) is 0 Å². The summed E-state index contributed by atoms with van der Waals surface area (Å²) in [4.78, 5) is 0. The summed E-state index contributed by atoms with van der Waals surface area (Å²) in [5, 5.41) is 0. The van der Waals surface area contributed by atoms with E-state index in [1.807, 2.05) is 0 Å². The van der Waals surface area contributed by atoms with Gasteiger partial charge in [-0.1, -0.05) is 0 Å². The summed E-state index contributed by atoms with van der Waals surface area (Å²) in [7, 11) is 0.